The first-order valence-electron chi connectivity index (χ1n) is 11.4. The summed E-state index contributed by atoms with van der Waals surface area (Å²) in [4.78, 5) is 19.2. The van der Waals surface area contributed by atoms with E-state index in [1.165, 1.54) is 22.3 Å². The minimum Gasteiger partial charge on any atom is -0.255 e. The minimum absolute atomic E-state index is 0.118. The summed E-state index contributed by atoms with van der Waals surface area (Å²) >= 11 is 0. The van der Waals surface area contributed by atoms with Crippen molar-refractivity contribution in [1.82, 2.24) is 19.9 Å². The average molecular weight is 443 g/mol. The maximum atomic E-state index is 5.09. The van der Waals surface area contributed by atoms with E-state index in [1.807, 2.05) is 48.5 Å². The summed E-state index contributed by atoms with van der Waals surface area (Å²) in [6.45, 7) is 6.49. The van der Waals surface area contributed by atoms with E-state index in [9.17, 15) is 0 Å². The Morgan fingerprint density at radius 3 is 1.44 bits per heavy atom. The first kappa shape index (κ1) is 21.7. The lowest BCUT2D eigenvalue weighted by Crippen LogP contribution is -2.12. The number of pyridine rings is 4. The van der Waals surface area contributed by atoms with Gasteiger partial charge in [-0.25, -0.2) is 0 Å². The average Bonchev–Trinajstić information content (AvgIpc) is 2.87. The quantitative estimate of drug-likeness (QED) is 0.304. The second kappa shape index (κ2) is 9.36. The van der Waals surface area contributed by atoms with Crippen LogP contribution in [0.2, 0.25) is 0 Å². The molecule has 0 aliphatic heterocycles. The Morgan fingerprint density at radius 2 is 1.00 bits per heavy atom. The van der Waals surface area contributed by atoms with Crippen molar-refractivity contribution >= 4 is 0 Å². The largest absolute Gasteiger partial charge is 0.255 e. The van der Waals surface area contributed by atoms with Gasteiger partial charge >= 0.3 is 0 Å². The van der Waals surface area contributed by atoms with Crippen molar-refractivity contribution in [2.75, 3.05) is 0 Å². The summed E-state index contributed by atoms with van der Waals surface area (Å²) in [7, 11) is 0. The van der Waals surface area contributed by atoms with Crippen LogP contribution in [0.5, 0.6) is 0 Å². The van der Waals surface area contributed by atoms with Crippen molar-refractivity contribution in [3.05, 3.63) is 131 Å². The lowest BCUT2D eigenvalue weighted by atomic mass is 9.84. The van der Waals surface area contributed by atoms with E-state index in [0.717, 1.165) is 34.2 Å². The number of rotatable bonds is 5. The number of benzene rings is 1. The first-order chi connectivity index (χ1) is 16.6. The van der Waals surface area contributed by atoms with Gasteiger partial charge in [0.15, 0.2) is 0 Å². The predicted octanol–water partition coefficient (Wildman–Crippen LogP) is 6.71. The zero-order valence-corrected chi connectivity index (χ0v) is 19.6. The van der Waals surface area contributed by atoms with Crippen molar-refractivity contribution in [3.8, 4) is 22.8 Å². The zero-order valence-electron chi connectivity index (χ0n) is 19.6. The molecule has 0 bridgehead atoms. The maximum absolute atomic E-state index is 5.09. The summed E-state index contributed by atoms with van der Waals surface area (Å²) in [6.07, 6.45) is 3.60. The molecule has 166 valence electrons. The number of aromatic nitrogens is 4. The molecule has 4 aromatic heterocycles. The fraction of sp³-hybridized carbons (Fsp3) is 0.133. The van der Waals surface area contributed by atoms with E-state index >= 15 is 0 Å². The zero-order chi connectivity index (χ0) is 23.5. The van der Waals surface area contributed by atoms with Crippen LogP contribution in [-0.4, -0.2) is 19.9 Å². The third-order valence-corrected chi connectivity index (χ3v) is 6.01. The number of nitrogens with zero attached hydrogens (tertiary/aromatic N) is 4. The molecule has 0 amide bonds. The SMILES string of the molecule is Cc1cc(C)c(C(c2cccc(-c3ccccn3)n2)c2cccc(-c3ccccn3)n2)c(C)c1. The van der Waals surface area contributed by atoms with Gasteiger partial charge in [0.05, 0.1) is 40.1 Å². The normalized spacial score (nSPS) is 11.1. The topological polar surface area (TPSA) is 51.6 Å². The molecule has 4 nitrogen and oxygen atoms in total. The van der Waals surface area contributed by atoms with Gasteiger partial charge in [0.25, 0.3) is 0 Å². The van der Waals surface area contributed by atoms with Gasteiger partial charge in [0, 0.05) is 12.4 Å². The third kappa shape index (κ3) is 4.35. The van der Waals surface area contributed by atoms with Crippen LogP contribution in [0.1, 0.15) is 39.6 Å². The summed E-state index contributed by atoms with van der Waals surface area (Å²) < 4.78 is 0. The highest BCUT2D eigenvalue weighted by molar-refractivity contribution is 5.58. The summed E-state index contributed by atoms with van der Waals surface area (Å²) in [6, 6.07) is 28.6. The molecular formula is C30H26N4. The van der Waals surface area contributed by atoms with Gasteiger partial charge in [-0.2, -0.15) is 0 Å². The second-order valence-corrected chi connectivity index (χ2v) is 8.57. The van der Waals surface area contributed by atoms with Crippen LogP contribution in [0.3, 0.4) is 0 Å². The number of aryl methyl sites for hydroxylation is 3. The Balaban J connectivity index is 1.71. The molecule has 0 fully saturated rings. The molecule has 1 aromatic carbocycles. The fourth-order valence-electron chi connectivity index (χ4n) is 4.63. The smallest absolute Gasteiger partial charge is 0.0889 e. The molecule has 0 saturated carbocycles. The van der Waals surface area contributed by atoms with Crippen LogP contribution in [-0.2, 0) is 0 Å². The van der Waals surface area contributed by atoms with Crippen LogP contribution >= 0.6 is 0 Å². The second-order valence-electron chi connectivity index (χ2n) is 8.57. The van der Waals surface area contributed by atoms with E-state index in [0.29, 0.717) is 0 Å². The van der Waals surface area contributed by atoms with Crippen LogP contribution in [0.4, 0.5) is 0 Å². The Bertz CT molecular complexity index is 1320. The summed E-state index contributed by atoms with van der Waals surface area (Å²) in [5.41, 5.74) is 10.3. The molecule has 4 heteroatoms. The fourth-order valence-corrected chi connectivity index (χ4v) is 4.63. The van der Waals surface area contributed by atoms with Crippen molar-refractivity contribution in [3.63, 3.8) is 0 Å². The molecule has 0 saturated heterocycles. The van der Waals surface area contributed by atoms with Crippen LogP contribution in [0.25, 0.3) is 22.8 Å². The van der Waals surface area contributed by atoms with Gasteiger partial charge in [-0.05, 0) is 86.0 Å². The van der Waals surface area contributed by atoms with Gasteiger partial charge in [0.2, 0.25) is 0 Å². The van der Waals surface area contributed by atoms with E-state index in [-0.39, 0.29) is 5.92 Å². The third-order valence-electron chi connectivity index (χ3n) is 6.01. The molecule has 0 aliphatic rings. The monoisotopic (exact) mass is 442 g/mol. The molecule has 0 radical (unpaired) electrons. The van der Waals surface area contributed by atoms with Gasteiger partial charge in [-0.15, -0.1) is 0 Å². The molecule has 5 aromatic rings. The molecule has 4 heterocycles. The highest BCUT2D eigenvalue weighted by Gasteiger charge is 2.24. The van der Waals surface area contributed by atoms with E-state index < -0.39 is 0 Å². The van der Waals surface area contributed by atoms with E-state index in [1.54, 1.807) is 12.4 Å². The minimum atomic E-state index is -0.118. The Morgan fingerprint density at radius 1 is 0.529 bits per heavy atom. The van der Waals surface area contributed by atoms with Crippen LogP contribution in [0, 0.1) is 20.8 Å². The summed E-state index contributed by atoms with van der Waals surface area (Å²) in [5, 5.41) is 0. The van der Waals surface area contributed by atoms with Gasteiger partial charge < -0.3 is 0 Å². The molecular weight excluding hydrogens is 416 g/mol. The maximum Gasteiger partial charge on any atom is 0.0889 e. The summed E-state index contributed by atoms with van der Waals surface area (Å²) in [5.74, 6) is -0.118. The predicted molar refractivity (Wildman–Crippen MR) is 137 cm³/mol. The van der Waals surface area contributed by atoms with Gasteiger partial charge in [0.1, 0.15) is 0 Å². The lowest BCUT2D eigenvalue weighted by molar-refractivity contribution is 0.859. The Labute approximate surface area is 200 Å². The Hall–Kier alpha value is -4.18. The molecule has 0 unspecified atom stereocenters. The standard InChI is InChI=1S/C30H26N4/c1-20-18-21(2)29(22(3)19-20)30(27-14-8-12-25(33-27)23-10-4-6-16-31-23)28-15-9-13-26(34-28)24-11-5-7-17-32-24/h4-19,30H,1-3H3. The van der Waals surface area contributed by atoms with E-state index in [4.69, 9.17) is 9.97 Å². The number of hydrogen-bond donors (Lipinski definition) is 0. The van der Waals surface area contributed by atoms with Gasteiger partial charge in [-0.3, -0.25) is 19.9 Å². The molecule has 34 heavy (non-hydrogen) atoms. The first-order valence-corrected chi connectivity index (χ1v) is 11.4. The molecule has 0 spiro atoms. The molecule has 5 rings (SSSR count). The van der Waals surface area contributed by atoms with E-state index in [2.05, 4.69) is 67.1 Å². The van der Waals surface area contributed by atoms with Crippen molar-refractivity contribution in [1.29, 1.82) is 0 Å². The van der Waals surface area contributed by atoms with Crippen LogP contribution in [0.15, 0.2) is 97.3 Å². The highest BCUT2D eigenvalue weighted by Crippen LogP contribution is 2.36. The van der Waals surface area contributed by atoms with Crippen molar-refractivity contribution in [2.45, 2.75) is 26.7 Å². The Kier molecular flexibility index (Phi) is 5.96. The van der Waals surface area contributed by atoms with Gasteiger partial charge in [-0.1, -0.05) is 42.0 Å². The van der Waals surface area contributed by atoms with Crippen molar-refractivity contribution < 1.29 is 0 Å². The van der Waals surface area contributed by atoms with Crippen LogP contribution < -0.4 is 0 Å². The molecule has 0 aliphatic carbocycles. The molecule has 0 N–H and O–H groups in total. The highest BCUT2D eigenvalue weighted by atomic mass is 14.8. The van der Waals surface area contributed by atoms with Crippen molar-refractivity contribution in [2.24, 2.45) is 0 Å². The molecule has 0 atom stereocenters. The number of hydrogen-bond acceptors (Lipinski definition) is 4. The lowest BCUT2D eigenvalue weighted by Gasteiger charge is -2.23.